The zero-order valence-electron chi connectivity index (χ0n) is 16.0. The monoisotopic (exact) mass is 329 g/mol. The van der Waals surface area contributed by atoms with E-state index in [-0.39, 0.29) is 12.0 Å². The van der Waals surface area contributed by atoms with Crippen LogP contribution in [0.3, 0.4) is 0 Å². The molecule has 1 atom stereocenters. The number of aliphatic hydroxyl groups excluding tert-OH is 1. The number of rotatable bonds is 12. The van der Waals surface area contributed by atoms with E-state index in [0.29, 0.717) is 6.54 Å². The van der Waals surface area contributed by atoms with Gasteiger partial charge in [-0.3, -0.25) is 0 Å². The molecule has 0 aromatic rings. The van der Waals surface area contributed by atoms with Gasteiger partial charge in [-0.25, -0.2) is 4.79 Å². The minimum Gasteiger partial charge on any atom is -0.444 e. The largest absolute Gasteiger partial charge is 0.444 e. The second-order valence-corrected chi connectivity index (χ2v) is 7.74. The molecule has 0 fully saturated rings. The average molecular weight is 330 g/mol. The molecule has 4 heteroatoms. The van der Waals surface area contributed by atoms with E-state index in [1.807, 2.05) is 20.8 Å². The van der Waals surface area contributed by atoms with Gasteiger partial charge in [-0.15, -0.1) is 0 Å². The van der Waals surface area contributed by atoms with Gasteiger partial charge < -0.3 is 15.2 Å². The Hall–Kier alpha value is -0.770. The molecule has 138 valence electrons. The Morgan fingerprint density at radius 2 is 1.57 bits per heavy atom. The Labute approximate surface area is 143 Å². The van der Waals surface area contributed by atoms with Crippen LogP contribution in [0.25, 0.3) is 0 Å². The van der Waals surface area contributed by atoms with Gasteiger partial charge in [-0.2, -0.15) is 0 Å². The van der Waals surface area contributed by atoms with Gasteiger partial charge in [-0.1, -0.05) is 58.8 Å². The maximum absolute atomic E-state index is 11.8. The predicted molar refractivity (Wildman–Crippen MR) is 96.7 cm³/mol. The average Bonchev–Trinajstić information content (AvgIpc) is 2.48. The summed E-state index contributed by atoms with van der Waals surface area (Å²) in [6, 6.07) is 0. The van der Waals surface area contributed by atoms with Crippen LogP contribution in [0.1, 0.15) is 92.4 Å². The third-order valence-corrected chi connectivity index (χ3v) is 4.40. The minimum absolute atomic E-state index is 0.106. The Kier molecular flexibility index (Phi) is 11.3. The number of alkyl carbamates (subject to hydrolysis) is 1. The van der Waals surface area contributed by atoms with Crippen LogP contribution in [0.4, 0.5) is 4.79 Å². The van der Waals surface area contributed by atoms with E-state index < -0.39 is 11.7 Å². The fraction of sp³-hybridized carbons (Fsp3) is 0.947. The lowest BCUT2D eigenvalue weighted by Gasteiger charge is -2.31. The van der Waals surface area contributed by atoms with Crippen LogP contribution >= 0.6 is 0 Å². The SMILES string of the molecule is CCCCCCCCCC(CC)(CO)CNC(=O)OC(C)(C)C. The van der Waals surface area contributed by atoms with Crippen LogP contribution in [0.15, 0.2) is 0 Å². The van der Waals surface area contributed by atoms with Crippen molar-refractivity contribution in [2.75, 3.05) is 13.2 Å². The number of nitrogens with one attached hydrogen (secondary N) is 1. The van der Waals surface area contributed by atoms with E-state index in [2.05, 4.69) is 19.2 Å². The molecule has 0 aromatic heterocycles. The fourth-order valence-corrected chi connectivity index (χ4v) is 2.67. The Bertz CT molecular complexity index is 306. The van der Waals surface area contributed by atoms with E-state index in [1.165, 1.54) is 38.5 Å². The van der Waals surface area contributed by atoms with E-state index in [0.717, 1.165) is 19.3 Å². The number of hydrogen-bond acceptors (Lipinski definition) is 3. The van der Waals surface area contributed by atoms with Crippen molar-refractivity contribution < 1.29 is 14.6 Å². The molecular weight excluding hydrogens is 290 g/mol. The van der Waals surface area contributed by atoms with Crippen molar-refractivity contribution >= 4 is 6.09 Å². The van der Waals surface area contributed by atoms with Crippen molar-refractivity contribution in [2.24, 2.45) is 5.41 Å². The van der Waals surface area contributed by atoms with Gasteiger partial charge in [0, 0.05) is 12.0 Å². The summed E-state index contributed by atoms with van der Waals surface area (Å²) in [5, 5.41) is 12.6. The first-order valence-corrected chi connectivity index (χ1v) is 9.36. The zero-order valence-corrected chi connectivity index (χ0v) is 16.0. The Morgan fingerprint density at radius 1 is 1.00 bits per heavy atom. The highest BCUT2D eigenvalue weighted by Gasteiger charge is 2.28. The summed E-state index contributed by atoms with van der Waals surface area (Å²) in [5.74, 6) is 0. The summed E-state index contributed by atoms with van der Waals surface area (Å²) in [6.07, 6.45) is 10.2. The van der Waals surface area contributed by atoms with Crippen molar-refractivity contribution in [3.63, 3.8) is 0 Å². The van der Waals surface area contributed by atoms with E-state index in [9.17, 15) is 9.90 Å². The molecule has 0 aliphatic heterocycles. The number of unbranched alkanes of at least 4 members (excludes halogenated alkanes) is 6. The summed E-state index contributed by atoms with van der Waals surface area (Å²) in [6.45, 7) is 10.4. The topological polar surface area (TPSA) is 58.6 Å². The van der Waals surface area contributed by atoms with Crippen LogP contribution in [-0.4, -0.2) is 30.0 Å². The first kappa shape index (κ1) is 22.2. The second-order valence-electron chi connectivity index (χ2n) is 7.74. The molecule has 0 heterocycles. The lowest BCUT2D eigenvalue weighted by molar-refractivity contribution is 0.0448. The maximum atomic E-state index is 11.8. The summed E-state index contributed by atoms with van der Waals surface area (Å²) >= 11 is 0. The number of amides is 1. The second kappa shape index (κ2) is 11.7. The molecule has 0 saturated carbocycles. The molecule has 0 spiro atoms. The van der Waals surface area contributed by atoms with Crippen molar-refractivity contribution in [1.29, 1.82) is 0 Å². The first-order chi connectivity index (χ1) is 10.8. The molecular formula is C19H39NO3. The number of carbonyl (C=O) groups excluding carboxylic acids is 1. The van der Waals surface area contributed by atoms with Gasteiger partial charge in [0.25, 0.3) is 0 Å². The molecule has 0 bridgehead atoms. The smallest absolute Gasteiger partial charge is 0.407 e. The molecule has 1 unspecified atom stereocenters. The van der Waals surface area contributed by atoms with Crippen LogP contribution in [-0.2, 0) is 4.74 Å². The molecule has 0 saturated heterocycles. The summed E-state index contributed by atoms with van der Waals surface area (Å²) in [4.78, 5) is 11.8. The van der Waals surface area contributed by atoms with Gasteiger partial charge in [0.15, 0.2) is 0 Å². The summed E-state index contributed by atoms with van der Waals surface area (Å²) in [7, 11) is 0. The highest BCUT2D eigenvalue weighted by molar-refractivity contribution is 5.67. The Morgan fingerprint density at radius 3 is 2.04 bits per heavy atom. The standard InChI is InChI=1S/C19H39NO3/c1-6-8-9-10-11-12-13-14-19(7-2,16-21)15-20-17(22)23-18(3,4)5/h21H,6-16H2,1-5H3,(H,20,22). The molecule has 4 nitrogen and oxygen atoms in total. The fourth-order valence-electron chi connectivity index (χ4n) is 2.67. The van der Waals surface area contributed by atoms with E-state index >= 15 is 0 Å². The summed E-state index contributed by atoms with van der Waals surface area (Å²) < 4.78 is 5.27. The van der Waals surface area contributed by atoms with Crippen LogP contribution < -0.4 is 5.32 Å². The van der Waals surface area contributed by atoms with Gasteiger partial charge in [0.05, 0.1) is 6.61 Å². The van der Waals surface area contributed by atoms with E-state index in [4.69, 9.17) is 4.74 Å². The normalized spacial score (nSPS) is 14.3. The molecule has 0 aliphatic rings. The van der Waals surface area contributed by atoms with Crippen molar-refractivity contribution in [1.82, 2.24) is 5.32 Å². The van der Waals surface area contributed by atoms with Gasteiger partial charge in [0.2, 0.25) is 0 Å². The van der Waals surface area contributed by atoms with Crippen molar-refractivity contribution in [3.8, 4) is 0 Å². The molecule has 2 N–H and O–H groups in total. The quantitative estimate of drug-likeness (QED) is 0.493. The molecule has 23 heavy (non-hydrogen) atoms. The minimum atomic E-state index is -0.489. The highest BCUT2D eigenvalue weighted by Crippen LogP contribution is 2.28. The molecule has 0 aromatic carbocycles. The zero-order chi connectivity index (χ0) is 17.8. The van der Waals surface area contributed by atoms with Crippen LogP contribution in [0, 0.1) is 5.41 Å². The predicted octanol–water partition coefficient (Wildman–Crippen LogP) is 5.04. The van der Waals surface area contributed by atoms with E-state index in [1.54, 1.807) is 0 Å². The Balaban J connectivity index is 4.12. The summed E-state index contributed by atoms with van der Waals surface area (Å²) in [5.41, 5.74) is -0.711. The van der Waals surface area contributed by atoms with Gasteiger partial charge >= 0.3 is 6.09 Å². The molecule has 1 amide bonds. The molecule has 0 aliphatic carbocycles. The first-order valence-electron chi connectivity index (χ1n) is 9.36. The maximum Gasteiger partial charge on any atom is 0.407 e. The van der Waals surface area contributed by atoms with Crippen molar-refractivity contribution in [2.45, 2.75) is 98.0 Å². The number of ether oxygens (including phenoxy) is 1. The van der Waals surface area contributed by atoms with Crippen LogP contribution in [0.5, 0.6) is 0 Å². The molecule has 0 rings (SSSR count). The van der Waals surface area contributed by atoms with Crippen LogP contribution in [0.2, 0.25) is 0 Å². The number of carbonyl (C=O) groups is 1. The van der Waals surface area contributed by atoms with Gasteiger partial charge in [-0.05, 0) is 33.6 Å². The molecule has 0 radical (unpaired) electrons. The van der Waals surface area contributed by atoms with Gasteiger partial charge in [0.1, 0.15) is 5.60 Å². The third kappa shape index (κ3) is 11.4. The third-order valence-electron chi connectivity index (χ3n) is 4.40. The number of aliphatic hydroxyl groups is 1. The van der Waals surface area contributed by atoms with Crippen molar-refractivity contribution in [3.05, 3.63) is 0 Å². The highest BCUT2D eigenvalue weighted by atomic mass is 16.6. The number of hydrogen-bond donors (Lipinski definition) is 2. The lowest BCUT2D eigenvalue weighted by atomic mass is 9.80. The lowest BCUT2D eigenvalue weighted by Crippen LogP contribution is -2.42.